The number of unbranched alkanes of at least 4 members (excludes halogenated alkanes) is 1. The number of hydrogen-bond acceptors (Lipinski definition) is 2. The lowest BCUT2D eigenvalue weighted by molar-refractivity contribution is 0.303. The van der Waals surface area contributed by atoms with E-state index < -0.39 is 0 Å². The van der Waals surface area contributed by atoms with E-state index in [4.69, 9.17) is 21.3 Å². The summed E-state index contributed by atoms with van der Waals surface area (Å²) in [5, 5.41) is 0.742. The van der Waals surface area contributed by atoms with Crippen molar-refractivity contribution in [2.24, 2.45) is 0 Å². The molecule has 33 heavy (non-hydrogen) atoms. The highest BCUT2D eigenvalue weighted by Gasteiger charge is 2.13. The van der Waals surface area contributed by atoms with Crippen LogP contribution in [0.5, 0.6) is 5.75 Å². The van der Waals surface area contributed by atoms with Crippen LogP contribution in [0.1, 0.15) is 50.6 Å². The van der Waals surface area contributed by atoms with Crippen LogP contribution in [0.4, 0.5) is 0 Å². The minimum Gasteiger partial charge on any atom is -0.494 e. The average Bonchev–Trinajstić information content (AvgIpc) is 3.16. The number of halogens is 1. The summed E-state index contributed by atoms with van der Waals surface area (Å²) in [4.78, 5) is 4.84. The van der Waals surface area contributed by atoms with E-state index in [1.165, 1.54) is 5.56 Å². The molecule has 3 nitrogen and oxygen atoms in total. The summed E-state index contributed by atoms with van der Waals surface area (Å²) in [6.45, 7) is 8.27. The number of para-hydroxylation sites is 2. The second-order valence-corrected chi connectivity index (χ2v) is 9.76. The van der Waals surface area contributed by atoms with Gasteiger partial charge in [0.1, 0.15) is 11.6 Å². The predicted octanol–water partition coefficient (Wildman–Crippen LogP) is 8.02. The van der Waals surface area contributed by atoms with Gasteiger partial charge >= 0.3 is 0 Å². The van der Waals surface area contributed by atoms with Crippen molar-refractivity contribution < 1.29 is 4.74 Å². The van der Waals surface area contributed by atoms with Crippen LogP contribution in [0.3, 0.4) is 0 Å². The summed E-state index contributed by atoms with van der Waals surface area (Å²) >= 11 is 6.00. The van der Waals surface area contributed by atoms with Crippen molar-refractivity contribution in [2.75, 3.05) is 6.61 Å². The van der Waals surface area contributed by atoms with Crippen molar-refractivity contribution in [2.45, 2.75) is 45.6 Å². The van der Waals surface area contributed by atoms with Crippen LogP contribution in [-0.2, 0) is 12.0 Å². The molecular formula is C29H31ClN2O. The highest BCUT2D eigenvalue weighted by molar-refractivity contribution is 6.30. The van der Waals surface area contributed by atoms with Gasteiger partial charge in [-0.15, -0.1) is 0 Å². The molecule has 0 fully saturated rings. The molecule has 0 bridgehead atoms. The number of imidazole rings is 1. The molecule has 170 valence electrons. The molecule has 0 aliphatic carbocycles. The van der Waals surface area contributed by atoms with Gasteiger partial charge < -0.3 is 9.30 Å². The Hall–Kier alpha value is -3.04. The molecule has 4 aromatic rings. The maximum Gasteiger partial charge on any atom is 0.133 e. The van der Waals surface area contributed by atoms with Gasteiger partial charge in [-0.2, -0.15) is 0 Å². The zero-order valence-electron chi connectivity index (χ0n) is 19.6. The normalized spacial score (nSPS) is 12.0. The van der Waals surface area contributed by atoms with Gasteiger partial charge in [0.2, 0.25) is 0 Å². The summed E-state index contributed by atoms with van der Waals surface area (Å²) in [5.74, 6) is 1.90. The number of aryl methyl sites for hydroxylation is 1. The van der Waals surface area contributed by atoms with E-state index in [0.29, 0.717) is 6.61 Å². The fourth-order valence-electron chi connectivity index (χ4n) is 3.81. The van der Waals surface area contributed by atoms with Gasteiger partial charge in [0, 0.05) is 11.6 Å². The molecule has 0 aliphatic heterocycles. The largest absolute Gasteiger partial charge is 0.494 e. The number of rotatable bonds is 8. The Labute approximate surface area is 201 Å². The molecule has 1 aromatic heterocycles. The summed E-state index contributed by atoms with van der Waals surface area (Å²) in [6, 6.07) is 24.6. The molecule has 0 saturated heterocycles. The van der Waals surface area contributed by atoms with E-state index in [0.717, 1.165) is 52.6 Å². The molecule has 0 radical (unpaired) electrons. The molecule has 1 heterocycles. The maximum absolute atomic E-state index is 6.00. The number of fused-ring (bicyclic) bond motifs is 1. The van der Waals surface area contributed by atoms with Crippen molar-refractivity contribution in [1.29, 1.82) is 0 Å². The Balaban J connectivity index is 1.37. The van der Waals surface area contributed by atoms with Crippen LogP contribution >= 0.6 is 11.6 Å². The molecule has 0 amide bonds. The van der Waals surface area contributed by atoms with Crippen molar-refractivity contribution in [1.82, 2.24) is 9.55 Å². The fraction of sp³-hybridized carbons (Fsp3) is 0.276. The second kappa shape index (κ2) is 10.3. The molecule has 0 saturated carbocycles. The fourth-order valence-corrected chi connectivity index (χ4v) is 3.94. The van der Waals surface area contributed by atoms with E-state index in [-0.39, 0.29) is 5.41 Å². The first-order valence-electron chi connectivity index (χ1n) is 11.5. The summed E-state index contributed by atoms with van der Waals surface area (Å²) in [7, 11) is 0. The molecule has 4 heteroatoms. The lowest BCUT2D eigenvalue weighted by Gasteiger charge is -2.19. The zero-order valence-corrected chi connectivity index (χ0v) is 20.3. The molecule has 4 rings (SSSR count). The summed E-state index contributed by atoms with van der Waals surface area (Å²) in [6.07, 6.45) is 6.16. The lowest BCUT2D eigenvalue weighted by Crippen LogP contribution is -2.10. The molecule has 0 spiro atoms. The van der Waals surface area contributed by atoms with Crippen LogP contribution in [0.25, 0.3) is 23.2 Å². The number of ether oxygens (including phenoxy) is 1. The van der Waals surface area contributed by atoms with Gasteiger partial charge in [0.25, 0.3) is 0 Å². The SMILES string of the molecule is CC(C)(C)c1ccc(OCCCCn2c(/C=C/c3ccc(Cl)cc3)nc3ccccc32)cc1. The molecule has 0 N–H and O–H groups in total. The third-order valence-electron chi connectivity index (χ3n) is 5.74. The minimum absolute atomic E-state index is 0.159. The highest BCUT2D eigenvalue weighted by atomic mass is 35.5. The third kappa shape index (κ3) is 6.06. The smallest absolute Gasteiger partial charge is 0.133 e. The van der Waals surface area contributed by atoms with Crippen LogP contribution in [0, 0.1) is 0 Å². The number of hydrogen-bond donors (Lipinski definition) is 0. The van der Waals surface area contributed by atoms with Gasteiger partial charge in [-0.1, -0.05) is 74.8 Å². The van der Waals surface area contributed by atoms with Gasteiger partial charge in [-0.05, 0) is 71.9 Å². The Morgan fingerprint density at radius 1 is 0.879 bits per heavy atom. The highest BCUT2D eigenvalue weighted by Crippen LogP contribution is 2.24. The van der Waals surface area contributed by atoms with Crippen LogP contribution in [0.2, 0.25) is 5.02 Å². The van der Waals surface area contributed by atoms with Crippen molar-refractivity contribution in [3.8, 4) is 5.75 Å². The van der Waals surface area contributed by atoms with E-state index in [1.54, 1.807) is 0 Å². The van der Waals surface area contributed by atoms with Crippen LogP contribution in [0.15, 0.2) is 72.8 Å². The number of nitrogens with zero attached hydrogens (tertiary/aromatic N) is 2. The van der Waals surface area contributed by atoms with E-state index in [2.05, 4.69) is 80.0 Å². The van der Waals surface area contributed by atoms with E-state index in [9.17, 15) is 0 Å². The Bertz CT molecular complexity index is 1220. The van der Waals surface area contributed by atoms with Crippen LogP contribution in [-0.4, -0.2) is 16.2 Å². The first-order valence-corrected chi connectivity index (χ1v) is 11.9. The zero-order chi connectivity index (χ0) is 23.3. The average molecular weight is 459 g/mol. The number of aromatic nitrogens is 2. The first kappa shape index (κ1) is 23.1. The number of benzene rings is 3. The predicted molar refractivity (Wildman–Crippen MR) is 140 cm³/mol. The van der Waals surface area contributed by atoms with Gasteiger partial charge in [0.15, 0.2) is 0 Å². The van der Waals surface area contributed by atoms with Crippen LogP contribution < -0.4 is 4.74 Å². The summed E-state index contributed by atoms with van der Waals surface area (Å²) in [5.41, 5.74) is 4.76. The molecular weight excluding hydrogens is 428 g/mol. The Kier molecular flexibility index (Phi) is 7.20. The third-order valence-corrected chi connectivity index (χ3v) is 6.00. The summed E-state index contributed by atoms with van der Waals surface area (Å²) < 4.78 is 8.27. The molecule has 0 aliphatic rings. The van der Waals surface area contributed by atoms with Gasteiger partial charge in [0.05, 0.1) is 17.6 Å². The molecule has 3 aromatic carbocycles. The van der Waals surface area contributed by atoms with Gasteiger partial charge in [-0.3, -0.25) is 0 Å². The lowest BCUT2D eigenvalue weighted by atomic mass is 9.87. The Morgan fingerprint density at radius 3 is 2.33 bits per heavy atom. The van der Waals surface area contributed by atoms with Crippen molar-refractivity contribution in [3.63, 3.8) is 0 Å². The topological polar surface area (TPSA) is 27.1 Å². The van der Waals surface area contributed by atoms with E-state index >= 15 is 0 Å². The Morgan fingerprint density at radius 2 is 1.61 bits per heavy atom. The molecule has 0 atom stereocenters. The quantitative estimate of drug-likeness (QED) is 0.250. The van der Waals surface area contributed by atoms with Crippen molar-refractivity contribution in [3.05, 3.63) is 94.8 Å². The second-order valence-electron chi connectivity index (χ2n) is 9.33. The minimum atomic E-state index is 0.159. The standard InChI is InChI=1S/C29H31ClN2O/c1-29(2,3)23-13-17-25(18-14-23)33-21-7-6-20-32-27-9-5-4-8-26(27)31-28(32)19-12-22-10-15-24(30)16-11-22/h4-5,8-19H,6-7,20-21H2,1-3H3/b19-12+. The first-order chi connectivity index (χ1) is 15.9. The maximum atomic E-state index is 6.00. The monoisotopic (exact) mass is 458 g/mol. The van der Waals surface area contributed by atoms with Crippen molar-refractivity contribution >= 4 is 34.8 Å². The molecule has 0 unspecified atom stereocenters. The van der Waals surface area contributed by atoms with Gasteiger partial charge in [-0.25, -0.2) is 4.98 Å². The van der Waals surface area contributed by atoms with E-state index in [1.807, 2.05) is 30.3 Å².